The molecule has 0 amide bonds. The van der Waals surface area contributed by atoms with E-state index in [1.54, 1.807) is 25.3 Å². The summed E-state index contributed by atoms with van der Waals surface area (Å²) >= 11 is 11.8. The lowest BCUT2D eigenvalue weighted by atomic mass is 10.0. The molecular weight excluding hydrogens is 259 g/mol. The molecule has 1 aromatic rings. The SMILES string of the molecule is CCCC(OC)C(=O)Cc1ccc(Cl)cc1Cl. The Bertz CT molecular complexity index is 391. The fourth-order valence-electron chi connectivity index (χ4n) is 1.64. The van der Waals surface area contributed by atoms with Crippen LogP contribution in [0.1, 0.15) is 25.3 Å². The highest BCUT2D eigenvalue weighted by Crippen LogP contribution is 2.22. The Kier molecular flexibility index (Phi) is 5.96. The van der Waals surface area contributed by atoms with Crippen molar-refractivity contribution >= 4 is 29.0 Å². The third-order valence-electron chi connectivity index (χ3n) is 2.57. The number of hydrogen-bond acceptors (Lipinski definition) is 2. The van der Waals surface area contributed by atoms with Crippen molar-refractivity contribution in [1.82, 2.24) is 0 Å². The molecule has 1 unspecified atom stereocenters. The van der Waals surface area contributed by atoms with Crippen LogP contribution in [0, 0.1) is 0 Å². The third-order valence-corrected chi connectivity index (χ3v) is 3.16. The normalized spacial score (nSPS) is 12.5. The van der Waals surface area contributed by atoms with E-state index in [2.05, 4.69) is 0 Å². The molecule has 94 valence electrons. The van der Waals surface area contributed by atoms with Crippen LogP contribution in [0.2, 0.25) is 10.0 Å². The largest absolute Gasteiger partial charge is 0.374 e. The molecule has 0 aliphatic heterocycles. The number of ketones is 1. The van der Waals surface area contributed by atoms with Crippen LogP contribution in [-0.4, -0.2) is 19.0 Å². The Morgan fingerprint density at radius 2 is 2.12 bits per heavy atom. The maximum atomic E-state index is 12.0. The van der Waals surface area contributed by atoms with Crippen molar-refractivity contribution in [3.8, 4) is 0 Å². The Hall–Kier alpha value is -0.570. The van der Waals surface area contributed by atoms with Gasteiger partial charge in [0.15, 0.2) is 5.78 Å². The summed E-state index contributed by atoms with van der Waals surface area (Å²) in [6.45, 7) is 2.02. The number of carbonyl (C=O) groups is 1. The maximum Gasteiger partial charge on any atom is 0.165 e. The highest BCUT2D eigenvalue weighted by atomic mass is 35.5. The second-order valence-corrected chi connectivity index (χ2v) is 4.74. The molecule has 0 heterocycles. The lowest BCUT2D eigenvalue weighted by Crippen LogP contribution is -2.24. The van der Waals surface area contributed by atoms with Crippen LogP contribution in [0.15, 0.2) is 18.2 Å². The van der Waals surface area contributed by atoms with Gasteiger partial charge in [-0.1, -0.05) is 42.6 Å². The average molecular weight is 275 g/mol. The Morgan fingerprint density at radius 1 is 1.41 bits per heavy atom. The van der Waals surface area contributed by atoms with E-state index in [4.69, 9.17) is 27.9 Å². The highest BCUT2D eigenvalue weighted by molar-refractivity contribution is 6.35. The highest BCUT2D eigenvalue weighted by Gasteiger charge is 2.18. The summed E-state index contributed by atoms with van der Waals surface area (Å²) in [4.78, 5) is 12.0. The van der Waals surface area contributed by atoms with Crippen molar-refractivity contribution in [3.05, 3.63) is 33.8 Å². The monoisotopic (exact) mass is 274 g/mol. The first-order chi connectivity index (χ1) is 8.08. The van der Waals surface area contributed by atoms with Crippen LogP contribution in [0.3, 0.4) is 0 Å². The molecule has 0 bridgehead atoms. The van der Waals surface area contributed by atoms with Gasteiger partial charge in [-0.3, -0.25) is 4.79 Å². The van der Waals surface area contributed by atoms with Gasteiger partial charge in [-0.05, 0) is 24.1 Å². The minimum Gasteiger partial charge on any atom is -0.374 e. The number of Topliss-reactive ketones (excluding diaryl/α,β-unsaturated/α-hetero) is 1. The van der Waals surface area contributed by atoms with Gasteiger partial charge in [0, 0.05) is 23.6 Å². The third kappa shape index (κ3) is 4.30. The van der Waals surface area contributed by atoms with E-state index >= 15 is 0 Å². The zero-order chi connectivity index (χ0) is 12.8. The van der Waals surface area contributed by atoms with Gasteiger partial charge in [0.2, 0.25) is 0 Å². The van der Waals surface area contributed by atoms with E-state index in [1.807, 2.05) is 6.92 Å². The molecular formula is C13H16Cl2O2. The minimum absolute atomic E-state index is 0.0542. The fraction of sp³-hybridized carbons (Fsp3) is 0.462. The molecule has 4 heteroatoms. The van der Waals surface area contributed by atoms with Gasteiger partial charge in [-0.15, -0.1) is 0 Å². The predicted molar refractivity (Wildman–Crippen MR) is 70.9 cm³/mol. The standard InChI is InChI=1S/C13H16Cl2O2/c1-3-4-13(17-2)12(16)7-9-5-6-10(14)8-11(9)15/h5-6,8,13H,3-4,7H2,1-2H3. The van der Waals surface area contributed by atoms with Crippen molar-refractivity contribution in [2.45, 2.75) is 32.3 Å². The number of carbonyl (C=O) groups excluding carboxylic acids is 1. The molecule has 1 atom stereocenters. The molecule has 17 heavy (non-hydrogen) atoms. The number of halogens is 2. The summed E-state index contributed by atoms with van der Waals surface area (Å²) < 4.78 is 5.17. The fourth-order valence-corrected chi connectivity index (χ4v) is 2.11. The molecule has 0 aliphatic rings. The molecule has 1 rings (SSSR count). The first-order valence-corrected chi connectivity index (χ1v) is 6.33. The van der Waals surface area contributed by atoms with Crippen LogP contribution in [0.5, 0.6) is 0 Å². The minimum atomic E-state index is -0.341. The predicted octanol–water partition coefficient (Wildman–Crippen LogP) is 3.92. The van der Waals surface area contributed by atoms with E-state index in [9.17, 15) is 4.79 Å². The molecule has 1 aromatic carbocycles. The number of ether oxygens (including phenoxy) is 1. The maximum absolute atomic E-state index is 12.0. The van der Waals surface area contributed by atoms with Gasteiger partial charge in [0.1, 0.15) is 6.10 Å². The van der Waals surface area contributed by atoms with Gasteiger partial charge in [0.25, 0.3) is 0 Å². The van der Waals surface area contributed by atoms with Gasteiger partial charge < -0.3 is 4.74 Å². The first kappa shape index (κ1) is 14.5. The van der Waals surface area contributed by atoms with Crippen LogP contribution in [-0.2, 0) is 16.0 Å². The summed E-state index contributed by atoms with van der Waals surface area (Å²) in [6.07, 6.45) is 1.60. The molecule has 0 fully saturated rings. The molecule has 2 nitrogen and oxygen atoms in total. The molecule has 0 saturated heterocycles. The van der Waals surface area contributed by atoms with E-state index < -0.39 is 0 Å². The van der Waals surface area contributed by atoms with Gasteiger partial charge in [-0.25, -0.2) is 0 Å². The second kappa shape index (κ2) is 7.00. The molecule has 0 spiro atoms. The summed E-state index contributed by atoms with van der Waals surface area (Å²) in [5, 5.41) is 1.10. The van der Waals surface area contributed by atoms with Crippen LogP contribution < -0.4 is 0 Å². The number of methoxy groups -OCH3 is 1. The number of hydrogen-bond donors (Lipinski definition) is 0. The molecule has 0 aliphatic carbocycles. The van der Waals surface area contributed by atoms with Crippen molar-refractivity contribution < 1.29 is 9.53 Å². The van der Waals surface area contributed by atoms with Gasteiger partial charge >= 0.3 is 0 Å². The molecule has 0 N–H and O–H groups in total. The number of rotatable bonds is 6. The average Bonchev–Trinajstić information content (AvgIpc) is 2.29. The van der Waals surface area contributed by atoms with E-state index in [-0.39, 0.29) is 18.3 Å². The Balaban J connectivity index is 2.73. The zero-order valence-electron chi connectivity index (χ0n) is 10.0. The summed E-state index contributed by atoms with van der Waals surface area (Å²) in [5.41, 5.74) is 0.791. The van der Waals surface area contributed by atoms with Crippen molar-refractivity contribution in [1.29, 1.82) is 0 Å². The lowest BCUT2D eigenvalue weighted by Gasteiger charge is -2.13. The zero-order valence-corrected chi connectivity index (χ0v) is 11.5. The summed E-state index contributed by atoms with van der Waals surface area (Å²) in [6, 6.07) is 5.16. The van der Waals surface area contributed by atoms with Crippen LogP contribution >= 0.6 is 23.2 Å². The van der Waals surface area contributed by atoms with E-state index in [0.717, 1.165) is 18.4 Å². The van der Waals surface area contributed by atoms with Crippen LogP contribution in [0.4, 0.5) is 0 Å². The van der Waals surface area contributed by atoms with Gasteiger partial charge in [-0.2, -0.15) is 0 Å². The van der Waals surface area contributed by atoms with E-state index in [0.29, 0.717) is 10.0 Å². The molecule has 0 saturated carbocycles. The quantitative estimate of drug-likeness (QED) is 0.786. The number of benzene rings is 1. The smallest absolute Gasteiger partial charge is 0.165 e. The van der Waals surface area contributed by atoms with Crippen molar-refractivity contribution in [3.63, 3.8) is 0 Å². The van der Waals surface area contributed by atoms with E-state index in [1.165, 1.54) is 0 Å². The lowest BCUT2D eigenvalue weighted by molar-refractivity contribution is -0.128. The summed E-state index contributed by atoms with van der Waals surface area (Å²) in [7, 11) is 1.56. The topological polar surface area (TPSA) is 26.3 Å². The van der Waals surface area contributed by atoms with Crippen molar-refractivity contribution in [2.75, 3.05) is 7.11 Å². The van der Waals surface area contributed by atoms with Crippen molar-refractivity contribution in [2.24, 2.45) is 0 Å². The second-order valence-electron chi connectivity index (χ2n) is 3.89. The van der Waals surface area contributed by atoms with Crippen LogP contribution in [0.25, 0.3) is 0 Å². The Labute approximate surface area is 112 Å². The van der Waals surface area contributed by atoms with Gasteiger partial charge in [0.05, 0.1) is 0 Å². The molecule has 0 radical (unpaired) electrons. The Morgan fingerprint density at radius 3 is 2.65 bits per heavy atom. The molecule has 0 aromatic heterocycles. The summed E-state index contributed by atoms with van der Waals surface area (Å²) in [5.74, 6) is 0.0542. The first-order valence-electron chi connectivity index (χ1n) is 5.58.